The zero-order valence-corrected chi connectivity index (χ0v) is 12.2. The summed E-state index contributed by atoms with van der Waals surface area (Å²) in [7, 11) is 0. The van der Waals surface area contributed by atoms with Crippen molar-refractivity contribution in [3.8, 4) is 0 Å². The summed E-state index contributed by atoms with van der Waals surface area (Å²) in [6.45, 7) is 5.90. The maximum Gasteiger partial charge on any atom is 0.124 e. The molecule has 1 aliphatic heterocycles. The second kappa shape index (κ2) is 6.69. The highest BCUT2D eigenvalue weighted by molar-refractivity contribution is 6.31. The van der Waals surface area contributed by atoms with Gasteiger partial charge in [-0.05, 0) is 30.5 Å². The second-order valence-corrected chi connectivity index (χ2v) is 5.83. The molecule has 2 rings (SSSR count). The minimum atomic E-state index is -0.304. The molecule has 4 heteroatoms. The van der Waals surface area contributed by atoms with E-state index in [2.05, 4.69) is 19.2 Å². The molecule has 2 nitrogen and oxygen atoms in total. The fourth-order valence-electron chi connectivity index (χ4n) is 2.52. The van der Waals surface area contributed by atoms with Gasteiger partial charge in [-0.3, -0.25) is 0 Å². The minimum absolute atomic E-state index is 0.0342. The maximum atomic E-state index is 13.1. The Labute approximate surface area is 119 Å². The fourth-order valence-corrected chi connectivity index (χ4v) is 2.79. The van der Waals surface area contributed by atoms with Gasteiger partial charge in [0.1, 0.15) is 5.82 Å². The molecule has 1 aromatic carbocycles. The molecule has 1 aliphatic rings. The highest BCUT2D eigenvalue weighted by Gasteiger charge is 2.29. The molecule has 2 unspecified atom stereocenters. The molecule has 0 amide bonds. The van der Waals surface area contributed by atoms with Crippen LogP contribution in [0.3, 0.4) is 0 Å². The number of hydrogen-bond donors (Lipinski definition) is 1. The van der Waals surface area contributed by atoms with Crippen molar-refractivity contribution in [2.45, 2.75) is 38.8 Å². The van der Waals surface area contributed by atoms with Crippen LogP contribution in [0.1, 0.15) is 38.4 Å². The van der Waals surface area contributed by atoms with Crippen molar-refractivity contribution in [3.05, 3.63) is 34.6 Å². The lowest BCUT2D eigenvalue weighted by molar-refractivity contribution is -0.0282. The van der Waals surface area contributed by atoms with E-state index in [0.717, 1.165) is 31.6 Å². The molecule has 1 aromatic rings. The lowest BCUT2D eigenvalue weighted by Crippen LogP contribution is -2.35. The minimum Gasteiger partial charge on any atom is -0.373 e. The third-order valence-corrected chi connectivity index (χ3v) is 3.83. The molecule has 2 atom stereocenters. The number of benzene rings is 1. The van der Waals surface area contributed by atoms with Gasteiger partial charge in [0, 0.05) is 30.1 Å². The van der Waals surface area contributed by atoms with Gasteiger partial charge in [0.15, 0.2) is 0 Å². The molecule has 0 bridgehead atoms. The van der Waals surface area contributed by atoms with E-state index < -0.39 is 0 Å². The SMILES string of the molecule is CC(C)NCC1CCCOC1c1ccc(F)cc1Cl. The van der Waals surface area contributed by atoms with Gasteiger partial charge in [-0.15, -0.1) is 0 Å². The van der Waals surface area contributed by atoms with Crippen molar-refractivity contribution >= 4 is 11.6 Å². The Morgan fingerprint density at radius 1 is 1.47 bits per heavy atom. The molecule has 19 heavy (non-hydrogen) atoms. The summed E-state index contributed by atoms with van der Waals surface area (Å²) in [5.41, 5.74) is 0.901. The van der Waals surface area contributed by atoms with Crippen LogP contribution >= 0.6 is 11.6 Å². The van der Waals surface area contributed by atoms with E-state index in [1.54, 1.807) is 6.07 Å². The molecule has 1 N–H and O–H groups in total. The Morgan fingerprint density at radius 3 is 2.95 bits per heavy atom. The van der Waals surface area contributed by atoms with Gasteiger partial charge in [0.05, 0.1) is 6.10 Å². The van der Waals surface area contributed by atoms with E-state index in [0.29, 0.717) is 17.0 Å². The van der Waals surface area contributed by atoms with Gasteiger partial charge < -0.3 is 10.1 Å². The number of ether oxygens (including phenoxy) is 1. The quantitative estimate of drug-likeness (QED) is 0.904. The molecular weight excluding hydrogens is 265 g/mol. The monoisotopic (exact) mass is 285 g/mol. The van der Waals surface area contributed by atoms with Crippen LogP contribution in [0.4, 0.5) is 4.39 Å². The molecule has 1 saturated heterocycles. The Bertz CT molecular complexity index is 425. The molecule has 106 valence electrons. The van der Waals surface area contributed by atoms with Gasteiger partial charge in [-0.2, -0.15) is 0 Å². The van der Waals surface area contributed by atoms with E-state index >= 15 is 0 Å². The van der Waals surface area contributed by atoms with Crippen molar-refractivity contribution in [1.29, 1.82) is 0 Å². The van der Waals surface area contributed by atoms with Gasteiger partial charge in [-0.1, -0.05) is 31.5 Å². The van der Waals surface area contributed by atoms with Crippen molar-refractivity contribution in [1.82, 2.24) is 5.32 Å². The van der Waals surface area contributed by atoms with Crippen LogP contribution in [-0.2, 0) is 4.74 Å². The van der Waals surface area contributed by atoms with Gasteiger partial charge in [0.2, 0.25) is 0 Å². The zero-order chi connectivity index (χ0) is 13.8. The Balaban J connectivity index is 2.14. The average Bonchev–Trinajstić information content (AvgIpc) is 2.37. The van der Waals surface area contributed by atoms with Crippen molar-refractivity contribution < 1.29 is 9.13 Å². The van der Waals surface area contributed by atoms with Crippen LogP contribution in [0.25, 0.3) is 0 Å². The van der Waals surface area contributed by atoms with E-state index in [1.165, 1.54) is 12.1 Å². The zero-order valence-electron chi connectivity index (χ0n) is 11.5. The molecule has 0 saturated carbocycles. The standard InChI is InChI=1S/C15H21ClFNO/c1-10(2)18-9-11-4-3-7-19-15(11)13-6-5-12(17)8-14(13)16/h5-6,8,10-11,15,18H,3-4,7,9H2,1-2H3. The third-order valence-electron chi connectivity index (χ3n) is 3.50. The number of rotatable bonds is 4. The Hall–Kier alpha value is -0.640. The van der Waals surface area contributed by atoms with E-state index in [9.17, 15) is 4.39 Å². The van der Waals surface area contributed by atoms with Crippen LogP contribution in [-0.4, -0.2) is 19.2 Å². The smallest absolute Gasteiger partial charge is 0.124 e. The normalized spacial score (nSPS) is 23.8. The largest absolute Gasteiger partial charge is 0.373 e. The van der Waals surface area contributed by atoms with Gasteiger partial charge >= 0.3 is 0 Å². The molecule has 0 radical (unpaired) electrons. The summed E-state index contributed by atoms with van der Waals surface area (Å²) < 4.78 is 19.0. The lowest BCUT2D eigenvalue weighted by atomic mass is 9.89. The first kappa shape index (κ1) is 14.8. The summed E-state index contributed by atoms with van der Waals surface area (Å²) in [6, 6.07) is 5.01. The van der Waals surface area contributed by atoms with Crippen molar-refractivity contribution in [2.75, 3.05) is 13.2 Å². The Kier molecular flexibility index (Phi) is 5.20. The first-order valence-corrected chi connectivity index (χ1v) is 7.25. The van der Waals surface area contributed by atoms with Crippen LogP contribution in [0.5, 0.6) is 0 Å². The van der Waals surface area contributed by atoms with Gasteiger partial charge in [0.25, 0.3) is 0 Å². The number of hydrogen-bond acceptors (Lipinski definition) is 2. The van der Waals surface area contributed by atoms with Crippen LogP contribution in [0.2, 0.25) is 5.02 Å². The molecule has 1 fully saturated rings. The highest BCUT2D eigenvalue weighted by Crippen LogP contribution is 2.36. The van der Waals surface area contributed by atoms with E-state index in [4.69, 9.17) is 16.3 Å². The predicted octanol–water partition coefficient (Wildman–Crippen LogP) is 3.94. The van der Waals surface area contributed by atoms with E-state index in [1.807, 2.05) is 0 Å². The highest BCUT2D eigenvalue weighted by atomic mass is 35.5. The molecule has 0 aliphatic carbocycles. The first-order chi connectivity index (χ1) is 9.08. The van der Waals surface area contributed by atoms with Crippen LogP contribution < -0.4 is 5.32 Å². The van der Waals surface area contributed by atoms with Crippen LogP contribution in [0.15, 0.2) is 18.2 Å². The summed E-state index contributed by atoms with van der Waals surface area (Å²) >= 11 is 6.15. The lowest BCUT2D eigenvalue weighted by Gasteiger charge is -2.33. The Morgan fingerprint density at radius 2 is 2.26 bits per heavy atom. The number of halogens is 2. The summed E-state index contributed by atoms with van der Waals surface area (Å²) in [6.07, 6.45) is 2.14. The number of nitrogens with one attached hydrogen (secondary N) is 1. The third kappa shape index (κ3) is 3.91. The molecular formula is C15H21ClFNO. The summed E-state index contributed by atoms with van der Waals surface area (Å²) in [4.78, 5) is 0. The summed E-state index contributed by atoms with van der Waals surface area (Å²) in [5, 5.41) is 3.91. The first-order valence-electron chi connectivity index (χ1n) is 6.88. The van der Waals surface area contributed by atoms with Gasteiger partial charge in [-0.25, -0.2) is 4.39 Å². The molecule has 0 aromatic heterocycles. The van der Waals surface area contributed by atoms with Crippen molar-refractivity contribution in [2.24, 2.45) is 5.92 Å². The maximum absolute atomic E-state index is 13.1. The summed E-state index contributed by atoms with van der Waals surface area (Å²) in [5.74, 6) is 0.0838. The molecule has 1 heterocycles. The van der Waals surface area contributed by atoms with Crippen LogP contribution in [0, 0.1) is 11.7 Å². The second-order valence-electron chi connectivity index (χ2n) is 5.42. The average molecular weight is 286 g/mol. The van der Waals surface area contributed by atoms with Crippen molar-refractivity contribution in [3.63, 3.8) is 0 Å². The predicted molar refractivity (Wildman–Crippen MR) is 76.0 cm³/mol. The topological polar surface area (TPSA) is 21.3 Å². The van der Waals surface area contributed by atoms with E-state index in [-0.39, 0.29) is 11.9 Å². The molecule has 0 spiro atoms. The fraction of sp³-hybridized carbons (Fsp3) is 0.600.